The number of hydrogen-bond acceptors (Lipinski definition) is 5. The van der Waals surface area contributed by atoms with Crippen molar-refractivity contribution in [3.8, 4) is 11.5 Å². The van der Waals surface area contributed by atoms with Gasteiger partial charge in [-0.3, -0.25) is 25.2 Å². The Bertz CT molecular complexity index is 1270. The van der Waals surface area contributed by atoms with Crippen molar-refractivity contribution in [1.29, 1.82) is 0 Å². The summed E-state index contributed by atoms with van der Waals surface area (Å²) in [7, 11) is 0. The van der Waals surface area contributed by atoms with Crippen LogP contribution in [0.4, 0.5) is 0 Å². The van der Waals surface area contributed by atoms with E-state index in [0.29, 0.717) is 27.8 Å². The predicted octanol–water partition coefficient (Wildman–Crippen LogP) is 2.79. The lowest BCUT2D eigenvalue weighted by molar-refractivity contribution is 0.0844. The number of benzene rings is 3. The van der Waals surface area contributed by atoms with Crippen molar-refractivity contribution < 1.29 is 14.3 Å². The van der Waals surface area contributed by atoms with Crippen molar-refractivity contribution in [2.24, 2.45) is 0 Å². The normalized spacial score (nSPS) is 10.4. The summed E-state index contributed by atoms with van der Waals surface area (Å²) in [4.78, 5) is 36.6. The summed E-state index contributed by atoms with van der Waals surface area (Å²) in [5.41, 5.74) is 4.57. The molecule has 0 bridgehead atoms. The van der Waals surface area contributed by atoms with E-state index in [9.17, 15) is 14.4 Å². The minimum Gasteiger partial charge on any atom is -0.457 e. The quantitative estimate of drug-likeness (QED) is 0.456. The first kappa shape index (κ1) is 18.9. The second-order valence-electron chi connectivity index (χ2n) is 6.29. The van der Waals surface area contributed by atoms with Crippen LogP contribution in [0.25, 0.3) is 10.8 Å². The van der Waals surface area contributed by atoms with E-state index in [1.807, 2.05) is 30.3 Å². The number of H-pyrrole nitrogens is 1. The van der Waals surface area contributed by atoms with Crippen LogP contribution >= 0.6 is 0 Å². The summed E-state index contributed by atoms with van der Waals surface area (Å²) in [6, 6.07) is 22.3. The van der Waals surface area contributed by atoms with Gasteiger partial charge in [0.2, 0.25) is 0 Å². The SMILES string of the molecule is O=C(NNC(=O)c1n[nH]c(=O)c2ccccc12)c1ccc(Oc2ccccc2)cc1. The summed E-state index contributed by atoms with van der Waals surface area (Å²) in [6.45, 7) is 0. The third kappa shape index (κ3) is 4.02. The van der Waals surface area contributed by atoms with Crippen LogP contribution in [-0.4, -0.2) is 22.0 Å². The summed E-state index contributed by atoms with van der Waals surface area (Å²) in [5, 5.41) is 6.78. The standard InChI is InChI=1S/C22H16N4O4/c27-20(14-10-12-16(13-11-14)30-15-6-2-1-3-7-15)24-26-22(29)19-17-8-4-5-9-18(17)21(28)25-23-19/h1-13H,(H,24,27)(H,25,28)(H,26,29). The molecule has 8 heteroatoms. The molecule has 0 unspecified atom stereocenters. The highest BCUT2D eigenvalue weighted by atomic mass is 16.5. The second-order valence-corrected chi connectivity index (χ2v) is 6.29. The Morgan fingerprint density at radius 1 is 0.733 bits per heavy atom. The van der Waals surface area contributed by atoms with Crippen molar-refractivity contribution in [3.63, 3.8) is 0 Å². The van der Waals surface area contributed by atoms with Crippen LogP contribution < -0.4 is 21.1 Å². The maximum Gasteiger partial charge on any atom is 0.290 e. The van der Waals surface area contributed by atoms with Gasteiger partial charge in [0.25, 0.3) is 17.4 Å². The lowest BCUT2D eigenvalue weighted by Gasteiger charge is -2.09. The number of para-hydroxylation sites is 1. The highest BCUT2D eigenvalue weighted by Crippen LogP contribution is 2.21. The van der Waals surface area contributed by atoms with E-state index in [-0.39, 0.29) is 5.69 Å². The smallest absolute Gasteiger partial charge is 0.290 e. The molecule has 0 fully saturated rings. The van der Waals surface area contributed by atoms with Crippen LogP contribution in [0.15, 0.2) is 83.7 Å². The van der Waals surface area contributed by atoms with E-state index in [2.05, 4.69) is 21.0 Å². The molecule has 4 aromatic rings. The number of hydrogen-bond donors (Lipinski definition) is 3. The van der Waals surface area contributed by atoms with Gasteiger partial charge in [-0.15, -0.1) is 0 Å². The molecule has 0 aliphatic rings. The molecular weight excluding hydrogens is 384 g/mol. The molecule has 30 heavy (non-hydrogen) atoms. The second kappa shape index (κ2) is 8.27. The average molecular weight is 400 g/mol. The van der Waals surface area contributed by atoms with Gasteiger partial charge in [-0.05, 0) is 42.5 Å². The van der Waals surface area contributed by atoms with Gasteiger partial charge in [-0.25, -0.2) is 5.10 Å². The topological polar surface area (TPSA) is 113 Å². The molecule has 3 aromatic carbocycles. The van der Waals surface area contributed by atoms with E-state index in [0.717, 1.165) is 0 Å². The fourth-order valence-electron chi connectivity index (χ4n) is 2.83. The molecule has 8 nitrogen and oxygen atoms in total. The fraction of sp³-hybridized carbons (Fsp3) is 0. The van der Waals surface area contributed by atoms with Gasteiger partial charge in [-0.1, -0.05) is 36.4 Å². The maximum atomic E-state index is 12.4. The largest absolute Gasteiger partial charge is 0.457 e. The Morgan fingerprint density at radius 2 is 1.33 bits per heavy atom. The first-order valence-electron chi connectivity index (χ1n) is 9.03. The van der Waals surface area contributed by atoms with Gasteiger partial charge in [0.15, 0.2) is 5.69 Å². The van der Waals surface area contributed by atoms with Gasteiger partial charge in [-0.2, -0.15) is 5.10 Å². The van der Waals surface area contributed by atoms with Gasteiger partial charge in [0.05, 0.1) is 5.39 Å². The summed E-state index contributed by atoms with van der Waals surface area (Å²) in [5.74, 6) is 0.0939. The minimum atomic E-state index is -0.653. The molecule has 148 valence electrons. The molecule has 1 aromatic heterocycles. The molecule has 0 spiro atoms. The number of nitrogens with one attached hydrogen (secondary N) is 3. The van der Waals surface area contributed by atoms with E-state index in [4.69, 9.17) is 4.74 Å². The Balaban J connectivity index is 1.42. The number of fused-ring (bicyclic) bond motifs is 1. The number of nitrogens with zero attached hydrogens (tertiary/aromatic N) is 1. The van der Waals surface area contributed by atoms with Crippen molar-refractivity contribution in [3.05, 3.63) is 100 Å². The summed E-state index contributed by atoms with van der Waals surface area (Å²) in [6.07, 6.45) is 0. The Hall–Kier alpha value is -4.46. The third-order valence-electron chi connectivity index (χ3n) is 4.30. The lowest BCUT2D eigenvalue weighted by Crippen LogP contribution is -2.42. The maximum absolute atomic E-state index is 12.4. The van der Waals surface area contributed by atoms with Crippen molar-refractivity contribution in [1.82, 2.24) is 21.0 Å². The number of aromatic nitrogens is 2. The zero-order valence-corrected chi connectivity index (χ0v) is 15.6. The van der Waals surface area contributed by atoms with Crippen LogP contribution in [0.1, 0.15) is 20.8 Å². The molecule has 0 saturated heterocycles. The molecule has 0 saturated carbocycles. The molecule has 0 atom stereocenters. The summed E-state index contributed by atoms with van der Waals surface area (Å²) >= 11 is 0. The molecular formula is C22H16N4O4. The van der Waals surface area contributed by atoms with Gasteiger partial charge in [0.1, 0.15) is 11.5 Å². The van der Waals surface area contributed by atoms with Crippen LogP contribution in [0.5, 0.6) is 11.5 Å². The number of carbonyl (C=O) groups is 2. The Kier molecular flexibility index (Phi) is 5.21. The van der Waals surface area contributed by atoms with E-state index in [1.54, 1.807) is 48.5 Å². The van der Waals surface area contributed by atoms with Gasteiger partial charge < -0.3 is 4.74 Å². The number of aromatic amines is 1. The molecule has 0 aliphatic carbocycles. The monoisotopic (exact) mass is 400 g/mol. The van der Waals surface area contributed by atoms with E-state index < -0.39 is 17.4 Å². The Morgan fingerprint density at radius 3 is 2.07 bits per heavy atom. The van der Waals surface area contributed by atoms with Gasteiger partial charge >= 0.3 is 0 Å². The molecule has 2 amide bonds. The first-order chi connectivity index (χ1) is 14.6. The van der Waals surface area contributed by atoms with E-state index in [1.165, 1.54) is 0 Å². The van der Waals surface area contributed by atoms with Crippen molar-refractivity contribution in [2.45, 2.75) is 0 Å². The van der Waals surface area contributed by atoms with Crippen LogP contribution in [0.2, 0.25) is 0 Å². The first-order valence-corrected chi connectivity index (χ1v) is 9.03. The number of carbonyl (C=O) groups excluding carboxylic acids is 2. The number of hydrazine groups is 1. The van der Waals surface area contributed by atoms with Crippen LogP contribution in [-0.2, 0) is 0 Å². The molecule has 4 rings (SSSR count). The number of ether oxygens (including phenoxy) is 1. The molecule has 1 heterocycles. The zero-order chi connectivity index (χ0) is 20.9. The molecule has 0 aliphatic heterocycles. The molecule has 0 radical (unpaired) electrons. The molecule has 3 N–H and O–H groups in total. The summed E-state index contributed by atoms with van der Waals surface area (Å²) < 4.78 is 5.68. The number of amides is 2. The van der Waals surface area contributed by atoms with Crippen molar-refractivity contribution >= 4 is 22.6 Å². The Labute approximate surface area is 170 Å². The zero-order valence-electron chi connectivity index (χ0n) is 15.6. The predicted molar refractivity (Wildman–Crippen MR) is 110 cm³/mol. The fourth-order valence-corrected chi connectivity index (χ4v) is 2.83. The van der Waals surface area contributed by atoms with Gasteiger partial charge in [0, 0.05) is 10.9 Å². The minimum absolute atomic E-state index is 0.00268. The van der Waals surface area contributed by atoms with Crippen LogP contribution in [0, 0.1) is 0 Å². The third-order valence-corrected chi connectivity index (χ3v) is 4.30. The van der Waals surface area contributed by atoms with E-state index >= 15 is 0 Å². The lowest BCUT2D eigenvalue weighted by atomic mass is 10.1. The highest BCUT2D eigenvalue weighted by molar-refractivity contribution is 6.05. The van der Waals surface area contributed by atoms with Crippen LogP contribution in [0.3, 0.4) is 0 Å². The average Bonchev–Trinajstić information content (AvgIpc) is 2.79. The van der Waals surface area contributed by atoms with Crippen molar-refractivity contribution in [2.75, 3.05) is 0 Å². The highest BCUT2D eigenvalue weighted by Gasteiger charge is 2.15. The number of rotatable bonds is 4.